The summed E-state index contributed by atoms with van der Waals surface area (Å²) in [5.41, 5.74) is 5.99. The maximum atomic E-state index is 11.9. The molecule has 0 radical (unpaired) electrons. The van der Waals surface area contributed by atoms with E-state index in [9.17, 15) is 14.5 Å². The Balaban J connectivity index is 1.75. The largest absolute Gasteiger partial charge is 0.497 e. The van der Waals surface area contributed by atoms with Gasteiger partial charge in [-0.1, -0.05) is 0 Å². The monoisotopic (exact) mass is 426 g/mol. The van der Waals surface area contributed by atoms with E-state index in [-0.39, 0.29) is 0 Å². The number of hydrogen-bond acceptors (Lipinski definition) is 8. The van der Waals surface area contributed by atoms with Crippen LogP contribution in [0.1, 0.15) is 11.1 Å². The Kier molecular flexibility index (Phi) is 9.14. The van der Waals surface area contributed by atoms with E-state index in [1.165, 1.54) is 12.4 Å². The number of rotatable bonds is 11. The molecule has 0 saturated heterocycles. The molecule has 31 heavy (non-hydrogen) atoms. The van der Waals surface area contributed by atoms with Crippen molar-refractivity contribution in [1.29, 1.82) is 0 Å². The van der Waals surface area contributed by atoms with Gasteiger partial charge in [0.15, 0.2) is 0 Å². The molecule has 2 amide bonds. The Morgan fingerprint density at radius 2 is 1.19 bits per heavy atom. The minimum atomic E-state index is -0.612. The van der Waals surface area contributed by atoms with Gasteiger partial charge in [-0.15, -0.1) is 4.91 Å². The zero-order chi connectivity index (χ0) is 22.5. The van der Waals surface area contributed by atoms with Crippen LogP contribution in [0.3, 0.4) is 0 Å². The van der Waals surface area contributed by atoms with E-state index in [0.717, 1.165) is 16.1 Å². The molecule has 0 unspecified atom stereocenters. The number of nitrogens with zero attached hydrogens (tertiary/aromatic N) is 4. The lowest BCUT2D eigenvalue weighted by molar-refractivity contribution is -0.125. The number of nitrogens with one attached hydrogen (secondary N) is 2. The molecule has 2 rings (SSSR count). The molecule has 0 saturated carbocycles. The summed E-state index contributed by atoms with van der Waals surface area (Å²) in [6.07, 6.45) is 2.85. The fraction of sp³-hybridized carbons (Fsp3) is 0.200. The number of benzene rings is 2. The first-order valence-corrected chi connectivity index (χ1v) is 9.04. The number of ether oxygens (including phenoxy) is 2. The van der Waals surface area contributed by atoms with E-state index in [4.69, 9.17) is 9.47 Å². The molecule has 162 valence electrons. The van der Waals surface area contributed by atoms with Gasteiger partial charge >= 0.3 is 0 Å². The Bertz CT molecular complexity index is 855. The van der Waals surface area contributed by atoms with Gasteiger partial charge in [0.2, 0.25) is 0 Å². The molecule has 0 aliphatic heterocycles. The third-order valence-corrected chi connectivity index (χ3v) is 3.81. The highest BCUT2D eigenvalue weighted by atomic mass is 16.5. The van der Waals surface area contributed by atoms with Crippen molar-refractivity contribution in [2.45, 2.75) is 0 Å². The Morgan fingerprint density at radius 1 is 0.806 bits per heavy atom. The Morgan fingerprint density at radius 3 is 1.52 bits per heavy atom. The van der Waals surface area contributed by atoms with Crippen LogP contribution in [-0.4, -0.2) is 56.6 Å². The number of carbonyl (C=O) groups is 2. The molecule has 0 aliphatic rings. The van der Waals surface area contributed by atoms with Crippen molar-refractivity contribution in [3.63, 3.8) is 0 Å². The first kappa shape index (κ1) is 23.0. The molecule has 2 aromatic carbocycles. The normalized spacial score (nSPS) is 10.6. The van der Waals surface area contributed by atoms with Gasteiger partial charge in [0.05, 0.1) is 31.9 Å². The van der Waals surface area contributed by atoms with Gasteiger partial charge in [0.1, 0.15) is 24.6 Å². The topological polar surface area (TPSA) is 134 Å². The second-order valence-corrected chi connectivity index (χ2v) is 6.04. The zero-order valence-corrected chi connectivity index (χ0v) is 17.0. The first-order valence-electron chi connectivity index (χ1n) is 9.04. The third kappa shape index (κ3) is 8.31. The second kappa shape index (κ2) is 12.3. The summed E-state index contributed by atoms with van der Waals surface area (Å²) < 4.78 is 10.1. The highest BCUT2D eigenvalue weighted by Gasteiger charge is 2.13. The van der Waals surface area contributed by atoms with Crippen molar-refractivity contribution in [2.24, 2.45) is 15.5 Å². The number of hydrazone groups is 2. The van der Waals surface area contributed by atoms with Gasteiger partial charge in [-0.2, -0.15) is 10.2 Å². The number of hydrogen-bond donors (Lipinski definition) is 2. The molecule has 0 aromatic heterocycles. The summed E-state index contributed by atoms with van der Waals surface area (Å²) in [5, 5.41) is 11.0. The van der Waals surface area contributed by atoms with E-state index in [2.05, 4.69) is 26.3 Å². The predicted molar refractivity (Wildman–Crippen MR) is 115 cm³/mol. The number of carbonyl (C=O) groups excluding carboxylic acids is 2. The molecule has 0 bridgehead atoms. The standard InChI is InChI=1S/C20H22N6O5/c1-30-17-7-3-15(4-8-17)11-21-23-19(27)13-26(25-29)14-20(28)24-22-12-16-5-9-18(31-2)10-6-16/h3-12H,13-14H2,1-2H3,(H,23,27)(H,24,28)/b21-11-,22-12+. The SMILES string of the molecule is COc1ccc(/C=N\NC(=O)CN(CC(=O)N/N=C/c2ccc(OC)cc2)N=O)cc1. The summed E-state index contributed by atoms with van der Waals surface area (Å²) >= 11 is 0. The molecule has 0 aliphatic carbocycles. The van der Waals surface area contributed by atoms with Gasteiger partial charge in [-0.25, -0.2) is 15.9 Å². The van der Waals surface area contributed by atoms with Crippen molar-refractivity contribution in [3.05, 3.63) is 64.6 Å². The molecule has 0 fully saturated rings. The maximum Gasteiger partial charge on any atom is 0.261 e. The minimum Gasteiger partial charge on any atom is -0.497 e. The summed E-state index contributed by atoms with van der Waals surface area (Å²) in [6, 6.07) is 14.0. The predicted octanol–water partition coefficient (Wildman–Crippen LogP) is 1.29. The molecule has 11 heteroatoms. The van der Waals surface area contributed by atoms with Gasteiger partial charge in [-0.05, 0) is 59.7 Å². The fourth-order valence-corrected chi connectivity index (χ4v) is 2.25. The van der Waals surface area contributed by atoms with E-state index in [1.807, 2.05) is 0 Å². The van der Waals surface area contributed by atoms with Crippen LogP contribution in [0, 0.1) is 4.91 Å². The smallest absolute Gasteiger partial charge is 0.261 e. The van der Waals surface area contributed by atoms with Crippen LogP contribution >= 0.6 is 0 Å². The first-order chi connectivity index (χ1) is 15.0. The zero-order valence-electron chi connectivity index (χ0n) is 17.0. The molecular weight excluding hydrogens is 404 g/mol. The van der Waals surface area contributed by atoms with Crippen LogP contribution in [-0.2, 0) is 9.59 Å². The van der Waals surface area contributed by atoms with Crippen molar-refractivity contribution < 1.29 is 19.1 Å². The van der Waals surface area contributed by atoms with Crippen LogP contribution in [0.15, 0.2) is 64.0 Å². The van der Waals surface area contributed by atoms with Crippen LogP contribution in [0.2, 0.25) is 0 Å². The van der Waals surface area contributed by atoms with E-state index in [1.54, 1.807) is 62.8 Å². The van der Waals surface area contributed by atoms with E-state index in [0.29, 0.717) is 11.5 Å². The minimum absolute atomic E-state index is 0.445. The summed E-state index contributed by atoms with van der Waals surface area (Å²) in [4.78, 5) is 34.7. The Labute approximate surface area is 178 Å². The van der Waals surface area contributed by atoms with Gasteiger partial charge in [0, 0.05) is 0 Å². The Hall–Kier alpha value is -4.28. The van der Waals surface area contributed by atoms with Gasteiger partial charge in [0.25, 0.3) is 11.8 Å². The average molecular weight is 426 g/mol. The molecule has 0 heterocycles. The van der Waals surface area contributed by atoms with Crippen LogP contribution in [0.25, 0.3) is 0 Å². The van der Waals surface area contributed by atoms with Crippen LogP contribution in [0.4, 0.5) is 0 Å². The molecule has 0 atom stereocenters. The van der Waals surface area contributed by atoms with Crippen molar-refractivity contribution in [3.8, 4) is 11.5 Å². The van der Waals surface area contributed by atoms with Crippen LogP contribution in [0.5, 0.6) is 11.5 Å². The second-order valence-electron chi connectivity index (χ2n) is 6.04. The number of amides is 2. The van der Waals surface area contributed by atoms with Gasteiger partial charge < -0.3 is 9.47 Å². The summed E-state index contributed by atoms with van der Waals surface area (Å²) in [6.45, 7) is -0.891. The average Bonchev–Trinajstić information content (AvgIpc) is 2.79. The van der Waals surface area contributed by atoms with Crippen LogP contribution < -0.4 is 20.3 Å². The third-order valence-electron chi connectivity index (χ3n) is 3.81. The lowest BCUT2D eigenvalue weighted by atomic mass is 10.2. The van der Waals surface area contributed by atoms with Crippen molar-refractivity contribution in [1.82, 2.24) is 15.9 Å². The highest BCUT2D eigenvalue weighted by molar-refractivity contribution is 5.85. The summed E-state index contributed by atoms with van der Waals surface area (Å²) in [5.74, 6) is 0.166. The van der Waals surface area contributed by atoms with Crippen molar-refractivity contribution in [2.75, 3.05) is 27.3 Å². The quantitative estimate of drug-likeness (QED) is 0.316. The number of nitroso groups, excluding NO2 is 1. The fourth-order valence-electron chi connectivity index (χ4n) is 2.25. The molecule has 0 spiro atoms. The van der Waals surface area contributed by atoms with E-state index >= 15 is 0 Å². The summed E-state index contributed by atoms with van der Waals surface area (Å²) in [7, 11) is 3.12. The van der Waals surface area contributed by atoms with Crippen molar-refractivity contribution >= 4 is 24.2 Å². The highest BCUT2D eigenvalue weighted by Crippen LogP contribution is 2.10. The molecule has 11 nitrogen and oxygen atoms in total. The van der Waals surface area contributed by atoms with E-state index < -0.39 is 24.9 Å². The lowest BCUT2D eigenvalue weighted by Crippen LogP contribution is -2.38. The lowest BCUT2D eigenvalue weighted by Gasteiger charge is -2.12. The van der Waals surface area contributed by atoms with Gasteiger partial charge in [-0.3, -0.25) is 9.59 Å². The molecule has 2 aromatic rings. The molecular formula is C20H22N6O5. The maximum absolute atomic E-state index is 11.9. The number of methoxy groups -OCH3 is 2. The molecule has 2 N–H and O–H groups in total.